The molecule has 0 bridgehead atoms. The van der Waals surface area contributed by atoms with Crippen LogP contribution in [0.2, 0.25) is 0 Å². The topological polar surface area (TPSA) is 57.5 Å². The lowest BCUT2D eigenvalue weighted by Gasteiger charge is -2.62. The van der Waals surface area contributed by atoms with Crippen molar-refractivity contribution in [2.75, 3.05) is 0 Å². The van der Waals surface area contributed by atoms with E-state index in [1.54, 1.807) is 6.92 Å². The third-order valence-corrected chi connectivity index (χ3v) is 10.0. The van der Waals surface area contributed by atoms with Crippen LogP contribution in [0.1, 0.15) is 72.1 Å². The molecule has 0 aromatic rings. The average Bonchev–Trinajstić information content (AvgIpc) is 2.84. The van der Waals surface area contributed by atoms with E-state index in [1.165, 1.54) is 18.2 Å². The Labute approximate surface area is 156 Å². The molecule has 4 aliphatic carbocycles. The van der Waals surface area contributed by atoms with Crippen molar-refractivity contribution in [2.24, 2.45) is 34.5 Å². The molecule has 4 aliphatic rings. The van der Waals surface area contributed by atoms with Gasteiger partial charge in [-0.1, -0.05) is 25.6 Å². The van der Waals surface area contributed by atoms with E-state index in [-0.39, 0.29) is 28.2 Å². The summed E-state index contributed by atoms with van der Waals surface area (Å²) in [5.41, 5.74) is 0.289. The van der Waals surface area contributed by atoms with Crippen LogP contribution in [0.15, 0.2) is 0 Å². The van der Waals surface area contributed by atoms with Crippen LogP contribution in [0, 0.1) is 34.5 Å². The van der Waals surface area contributed by atoms with Crippen LogP contribution in [0.3, 0.4) is 0 Å². The summed E-state index contributed by atoms with van der Waals surface area (Å²) in [5, 5.41) is 22.2. The Kier molecular flexibility index (Phi) is 4.57. The van der Waals surface area contributed by atoms with Gasteiger partial charge in [0.05, 0.1) is 12.2 Å². The minimum absolute atomic E-state index is 0.0752. The van der Waals surface area contributed by atoms with Gasteiger partial charge in [0, 0.05) is 12.2 Å². The maximum absolute atomic E-state index is 11.5. The molecule has 0 spiro atoms. The molecule has 0 heterocycles. The molecule has 142 valence electrons. The molecule has 1 unspecified atom stereocenters. The van der Waals surface area contributed by atoms with E-state index < -0.39 is 0 Å². The van der Waals surface area contributed by atoms with E-state index in [4.69, 9.17) is 0 Å². The monoisotopic (exact) mass is 366 g/mol. The zero-order chi connectivity index (χ0) is 18.0. The molecule has 4 heteroatoms. The van der Waals surface area contributed by atoms with Gasteiger partial charge >= 0.3 is 0 Å². The number of hydrogen-bond donors (Lipinski definition) is 2. The van der Waals surface area contributed by atoms with Gasteiger partial charge in [-0.3, -0.25) is 4.79 Å². The number of aliphatic hydroxyl groups is 2. The highest BCUT2D eigenvalue weighted by molar-refractivity contribution is 8.14. The van der Waals surface area contributed by atoms with Crippen molar-refractivity contribution in [3.05, 3.63) is 0 Å². The predicted octanol–water partition coefficient (Wildman–Crippen LogP) is 4.01. The first-order chi connectivity index (χ1) is 11.8. The molecule has 0 amide bonds. The van der Waals surface area contributed by atoms with E-state index in [2.05, 4.69) is 13.8 Å². The van der Waals surface area contributed by atoms with Gasteiger partial charge in [-0.25, -0.2) is 0 Å². The van der Waals surface area contributed by atoms with Crippen LogP contribution in [-0.4, -0.2) is 32.8 Å². The number of carbonyl (C=O) groups is 1. The largest absolute Gasteiger partial charge is 0.393 e. The molecule has 0 aromatic heterocycles. The first-order valence-corrected chi connectivity index (χ1v) is 11.2. The van der Waals surface area contributed by atoms with E-state index in [0.29, 0.717) is 28.9 Å². The van der Waals surface area contributed by atoms with Crippen LogP contribution in [0.4, 0.5) is 0 Å². The maximum Gasteiger partial charge on any atom is 0.186 e. The molecule has 3 nitrogen and oxygen atoms in total. The van der Waals surface area contributed by atoms with Gasteiger partial charge in [-0.2, -0.15) is 0 Å². The summed E-state index contributed by atoms with van der Waals surface area (Å²) in [6.45, 7) is 6.40. The Hall–Kier alpha value is -0.0600. The van der Waals surface area contributed by atoms with Gasteiger partial charge < -0.3 is 10.2 Å². The predicted molar refractivity (Wildman–Crippen MR) is 101 cm³/mol. The summed E-state index contributed by atoms with van der Waals surface area (Å²) in [6, 6.07) is 0. The highest BCUT2D eigenvalue weighted by Crippen LogP contribution is 2.66. The van der Waals surface area contributed by atoms with Gasteiger partial charge in [-0.05, 0) is 85.9 Å². The lowest BCUT2D eigenvalue weighted by molar-refractivity contribution is -0.161. The zero-order valence-electron chi connectivity index (χ0n) is 15.9. The van der Waals surface area contributed by atoms with Gasteiger partial charge in [0.25, 0.3) is 0 Å². The number of hydrogen-bond acceptors (Lipinski definition) is 4. The Balaban J connectivity index is 1.58. The van der Waals surface area contributed by atoms with E-state index in [1.807, 2.05) is 0 Å². The van der Waals surface area contributed by atoms with E-state index >= 15 is 0 Å². The highest BCUT2D eigenvalue weighted by atomic mass is 32.2. The first kappa shape index (κ1) is 18.3. The van der Waals surface area contributed by atoms with Crippen LogP contribution < -0.4 is 0 Å². The zero-order valence-corrected chi connectivity index (χ0v) is 16.7. The molecule has 25 heavy (non-hydrogen) atoms. The number of thioether (sulfide) groups is 1. The van der Waals surface area contributed by atoms with Crippen LogP contribution in [0.5, 0.6) is 0 Å². The van der Waals surface area contributed by atoms with Gasteiger partial charge in [0.1, 0.15) is 0 Å². The third kappa shape index (κ3) is 2.73. The van der Waals surface area contributed by atoms with Crippen LogP contribution in [0.25, 0.3) is 0 Å². The fraction of sp³-hybridized carbons (Fsp3) is 0.952. The lowest BCUT2D eigenvalue weighted by Crippen LogP contribution is -2.58. The number of aliphatic hydroxyl groups excluding tert-OH is 2. The van der Waals surface area contributed by atoms with Crippen molar-refractivity contribution >= 4 is 16.9 Å². The van der Waals surface area contributed by atoms with Gasteiger partial charge in [0.2, 0.25) is 0 Å². The third-order valence-electron chi connectivity index (χ3n) is 8.91. The summed E-state index contributed by atoms with van der Waals surface area (Å²) >= 11 is 1.49. The van der Waals surface area contributed by atoms with Crippen molar-refractivity contribution in [2.45, 2.75) is 89.6 Å². The molecule has 0 saturated heterocycles. The highest BCUT2D eigenvalue weighted by Gasteiger charge is 2.61. The van der Waals surface area contributed by atoms with Gasteiger partial charge in [0.15, 0.2) is 5.12 Å². The quantitative estimate of drug-likeness (QED) is 0.736. The molecule has 4 saturated carbocycles. The molecule has 9 atom stereocenters. The fourth-order valence-corrected chi connectivity index (χ4v) is 8.59. The smallest absolute Gasteiger partial charge is 0.186 e. The van der Waals surface area contributed by atoms with Crippen LogP contribution >= 0.6 is 11.8 Å². The Bertz CT molecular complexity index is 551. The first-order valence-electron chi connectivity index (χ1n) is 10.3. The molecule has 4 fully saturated rings. The molecule has 4 rings (SSSR count). The van der Waals surface area contributed by atoms with Crippen LogP contribution in [-0.2, 0) is 4.79 Å². The average molecular weight is 367 g/mol. The van der Waals surface area contributed by atoms with Crippen molar-refractivity contribution in [3.63, 3.8) is 0 Å². The summed E-state index contributed by atoms with van der Waals surface area (Å²) in [5.74, 6) is 2.18. The Morgan fingerprint density at radius 1 is 0.920 bits per heavy atom. The van der Waals surface area contributed by atoms with Gasteiger partial charge in [-0.15, -0.1) is 0 Å². The standard InChI is InChI=1S/C21H34O3S/c1-12(22)25-13-6-8-20(2)16-7-9-21(3)15(4-5-19(21)24)14(16)11-18(23)17(20)10-13/h13-19,23-24H,4-11H2,1-3H3/t13-,14+,15+,16+,17?,18+,19+,20-,21+/m1/s1. The molecule has 2 N–H and O–H groups in total. The minimum atomic E-state index is -0.235. The second-order valence-electron chi connectivity index (χ2n) is 9.94. The normalized spacial score (nSPS) is 55.2. The molecule has 0 aliphatic heterocycles. The van der Waals surface area contributed by atoms with E-state index in [0.717, 1.165) is 44.9 Å². The number of rotatable bonds is 1. The lowest BCUT2D eigenvalue weighted by atomic mass is 9.44. The maximum atomic E-state index is 11.5. The van der Waals surface area contributed by atoms with Crippen molar-refractivity contribution in [1.82, 2.24) is 0 Å². The Morgan fingerprint density at radius 2 is 1.60 bits per heavy atom. The summed E-state index contributed by atoms with van der Waals surface area (Å²) in [4.78, 5) is 11.5. The minimum Gasteiger partial charge on any atom is -0.393 e. The summed E-state index contributed by atoms with van der Waals surface area (Å²) in [6.07, 6.45) is 8.21. The number of carbonyl (C=O) groups excluding carboxylic acids is 1. The molecular formula is C21H34O3S. The van der Waals surface area contributed by atoms with Crippen molar-refractivity contribution < 1.29 is 15.0 Å². The summed E-state index contributed by atoms with van der Waals surface area (Å²) < 4.78 is 0. The second-order valence-corrected chi connectivity index (χ2v) is 11.4. The fourth-order valence-electron chi connectivity index (χ4n) is 7.58. The summed E-state index contributed by atoms with van der Waals surface area (Å²) in [7, 11) is 0. The Morgan fingerprint density at radius 3 is 2.32 bits per heavy atom. The molecule has 0 radical (unpaired) electrons. The van der Waals surface area contributed by atoms with Crippen molar-refractivity contribution in [3.8, 4) is 0 Å². The van der Waals surface area contributed by atoms with Crippen molar-refractivity contribution in [1.29, 1.82) is 0 Å². The number of fused-ring (bicyclic) bond motifs is 5. The molecule has 0 aromatic carbocycles. The van der Waals surface area contributed by atoms with E-state index in [9.17, 15) is 15.0 Å². The second kappa shape index (κ2) is 6.24. The molecular weight excluding hydrogens is 332 g/mol. The SMILES string of the molecule is CC(=O)S[C@@H]1CC[C@@]2(C)C(C1)[C@@H](O)C[C@H]1[C@@H]3CC[C@H](O)[C@@]3(C)CC[C@@H]12.